The molecule has 2 aromatic rings. The lowest BCUT2D eigenvalue weighted by atomic mass is 9.95. The van der Waals surface area contributed by atoms with Gasteiger partial charge in [0, 0.05) is 31.1 Å². The fourth-order valence-corrected chi connectivity index (χ4v) is 3.73. The standard InChI is InChI=1S/C21H25ClN2O2.ClH/c1-15(16-6-5-7-17(13-16)26-2)12-21(25)24-11-10-23-14-20(24)18-8-3-4-9-19(18)22;/h3-9,13,15,20,23H,10-12,14H2,1-2H3;1H. The molecule has 0 spiro atoms. The normalized spacial score (nSPS) is 17.7. The van der Waals surface area contributed by atoms with Gasteiger partial charge in [-0.05, 0) is 35.2 Å². The quantitative estimate of drug-likeness (QED) is 0.794. The number of halogens is 2. The summed E-state index contributed by atoms with van der Waals surface area (Å²) in [5.74, 6) is 1.10. The molecule has 3 rings (SSSR count). The maximum Gasteiger partial charge on any atom is 0.223 e. The molecule has 1 fully saturated rings. The van der Waals surface area contributed by atoms with Crippen LogP contribution in [-0.2, 0) is 4.79 Å². The van der Waals surface area contributed by atoms with E-state index in [0.717, 1.165) is 30.0 Å². The molecule has 0 radical (unpaired) electrons. The number of methoxy groups -OCH3 is 1. The van der Waals surface area contributed by atoms with Gasteiger partial charge in [-0.25, -0.2) is 0 Å². The molecule has 1 amide bonds. The molecule has 2 atom stereocenters. The first-order chi connectivity index (χ1) is 12.6. The number of hydrogen-bond donors (Lipinski definition) is 1. The topological polar surface area (TPSA) is 41.6 Å². The first-order valence-electron chi connectivity index (χ1n) is 8.98. The number of nitrogens with one attached hydrogen (secondary N) is 1. The average molecular weight is 409 g/mol. The van der Waals surface area contributed by atoms with Gasteiger partial charge in [0.15, 0.2) is 0 Å². The molecule has 0 aliphatic carbocycles. The highest BCUT2D eigenvalue weighted by molar-refractivity contribution is 6.31. The summed E-state index contributed by atoms with van der Waals surface area (Å²) in [6.07, 6.45) is 0.466. The van der Waals surface area contributed by atoms with Crippen LogP contribution in [0.1, 0.15) is 36.4 Å². The lowest BCUT2D eigenvalue weighted by Crippen LogP contribution is -2.49. The van der Waals surface area contributed by atoms with Crippen LogP contribution >= 0.6 is 24.0 Å². The van der Waals surface area contributed by atoms with E-state index in [2.05, 4.69) is 12.2 Å². The van der Waals surface area contributed by atoms with Gasteiger partial charge in [-0.1, -0.05) is 48.9 Å². The van der Waals surface area contributed by atoms with E-state index in [1.54, 1.807) is 7.11 Å². The van der Waals surface area contributed by atoms with E-state index in [-0.39, 0.29) is 30.3 Å². The lowest BCUT2D eigenvalue weighted by Gasteiger charge is -2.37. The van der Waals surface area contributed by atoms with Gasteiger partial charge in [-0.2, -0.15) is 0 Å². The second kappa shape index (κ2) is 9.98. The molecule has 6 heteroatoms. The summed E-state index contributed by atoms with van der Waals surface area (Å²) in [5, 5.41) is 4.08. The maximum atomic E-state index is 13.1. The van der Waals surface area contributed by atoms with E-state index in [1.807, 2.05) is 53.4 Å². The van der Waals surface area contributed by atoms with Crippen molar-refractivity contribution in [3.05, 3.63) is 64.7 Å². The largest absolute Gasteiger partial charge is 0.497 e. The zero-order chi connectivity index (χ0) is 18.5. The molecule has 1 aliphatic rings. The molecule has 27 heavy (non-hydrogen) atoms. The second-order valence-corrected chi connectivity index (χ2v) is 7.12. The third-order valence-electron chi connectivity index (χ3n) is 4.97. The Morgan fingerprint density at radius 1 is 1.30 bits per heavy atom. The third kappa shape index (κ3) is 5.16. The highest BCUT2D eigenvalue weighted by Crippen LogP contribution is 2.31. The first-order valence-corrected chi connectivity index (χ1v) is 9.36. The van der Waals surface area contributed by atoms with E-state index in [0.29, 0.717) is 18.0 Å². The highest BCUT2D eigenvalue weighted by atomic mass is 35.5. The third-order valence-corrected chi connectivity index (χ3v) is 5.32. The number of nitrogens with zero attached hydrogens (tertiary/aromatic N) is 1. The van der Waals surface area contributed by atoms with Crippen LogP contribution in [0.4, 0.5) is 0 Å². The zero-order valence-electron chi connectivity index (χ0n) is 15.7. The van der Waals surface area contributed by atoms with Gasteiger partial charge in [-0.15, -0.1) is 12.4 Å². The van der Waals surface area contributed by atoms with Crippen LogP contribution in [0.5, 0.6) is 5.75 Å². The number of carbonyl (C=O) groups excluding carboxylic acids is 1. The summed E-state index contributed by atoms with van der Waals surface area (Å²) < 4.78 is 5.30. The van der Waals surface area contributed by atoms with Crippen LogP contribution < -0.4 is 10.1 Å². The molecular weight excluding hydrogens is 383 g/mol. The Labute approximate surface area is 172 Å². The number of piperazine rings is 1. The fraction of sp³-hybridized carbons (Fsp3) is 0.381. The van der Waals surface area contributed by atoms with Gasteiger partial charge in [-0.3, -0.25) is 4.79 Å². The molecule has 4 nitrogen and oxygen atoms in total. The predicted molar refractivity (Wildman–Crippen MR) is 112 cm³/mol. The lowest BCUT2D eigenvalue weighted by molar-refractivity contribution is -0.134. The van der Waals surface area contributed by atoms with Crippen LogP contribution in [0.3, 0.4) is 0 Å². The minimum Gasteiger partial charge on any atom is -0.497 e. The van der Waals surface area contributed by atoms with Gasteiger partial charge in [0.2, 0.25) is 5.91 Å². The minimum atomic E-state index is -0.0255. The van der Waals surface area contributed by atoms with Gasteiger partial charge in [0.1, 0.15) is 5.75 Å². The van der Waals surface area contributed by atoms with Crippen molar-refractivity contribution in [2.75, 3.05) is 26.7 Å². The van der Waals surface area contributed by atoms with Crippen molar-refractivity contribution in [2.45, 2.75) is 25.3 Å². The van der Waals surface area contributed by atoms with E-state index >= 15 is 0 Å². The number of rotatable bonds is 5. The summed E-state index contributed by atoms with van der Waals surface area (Å²) in [4.78, 5) is 15.0. The van der Waals surface area contributed by atoms with Crippen molar-refractivity contribution >= 4 is 29.9 Å². The number of ether oxygens (including phenoxy) is 1. The minimum absolute atomic E-state index is 0. The van der Waals surface area contributed by atoms with Gasteiger partial charge in [0.05, 0.1) is 13.2 Å². The average Bonchev–Trinajstić information content (AvgIpc) is 2.68. The Bertz CT molecular complexity index is 769. The van der Waals surface area contributed by atoms with Crippen molar-refractivity contribution in [3.63, 3.8) is 0 Å². The van der Waals surface area contributed by atoms with Crippen LogP contribution in [0.25, 0.3) is 0 Å². The fourth-order valence-electron chi connectivity index (χ4n) is 3.47. The molecule has 1 heterocycles. The molecule has 1 N–H and O–H groups in total. The summed E-state index contributed by atoms with van der Waals surface area (Å²) in [7, 11) is 1.66. The van der Waals surface area contributed by atoms with Crippen LogP contribution in [0.2, 0.25) is 5.02 Å². The van der Waals surface area contributed by atoms with Gasteiger partial charge >= 0.3 is 0 Å². The molecule has 2 unspecified atom stereocenters. The molecular formula is C21H26Cl2N2O2. The monoisotopic (exact) mass is 408 g/mol. The number of amides is 1. The van der Waals surface area contributed by atoms with Gasteiger partial charge < -0.3 is 15.0 Å². The molecule has 0 saturated carbocycles. The van der Waals surface area contributed by atoms with Crippen molar-refractivity contribution in [3.8, 4) is 5.75 Å². The number of carbonyl (C=O) groups is 1. The van der Waals surface area contributed by atoms with E-state index < -0.39 is 0 Å². The Morgan fingerprint density at radius 2 is 2.07 bits per heavy atom. The van der Waals surface area contributed by atoms with E-state index in [1.165, 1.54) is 0 Å². The molecule has 2 aromatic carbocycles. The predicted octanol–water partition coefficient (Wildman–Crippen LogP) is 4.44. The van der Waals surface area contributed by atoms with Crippen molar-refractivity contribution < 1.29 is 9.53 Å². The van der Waals surface area contributed by atoms with Crippen LogP contribution in [-0.4, -0.2) is 37.6 Å². The maximum absolute atomic E-state index is 13.1. The Balaban J connectivity index is 0.00000261. The number of hydrogen-bond acceptors (Lipinski definition) is 3. The summed E-state index contributed by atoms with van der Waals surface area (Å²) in [5.41, 5.74) is 2.12. The zero-order valence-corrected chi connectivity index (χ0v) is 17.2. The van der Waals surface area contributed by atoms with E-state index in [4.69, 9.17) is 16.3 Å². The Morgan fingerprint density at radius 3 is 2.81 bits per heavy atom. The summed E-state index contributed by atoms with van der Waals surface area (Å²) >= 11 is 6.38. The van der Waals surface area contributed by atoms with Gasteiger partial charge in [0.25, 0.3) is 0 Å². The summed E-state index contributed by atoms with van der Waals surface area (Å²) in [6.45, 7) is 4.31. The van der Waals surface area contributed by atoms with Crippen molar-refractivity contribution in [1.29, 1.82) is 0 Å². The van der Waals surface area contributed by atoms with Crippen LogP contribution in [0.15, 0.2) is 48.5 Å². The smallest absolute Gasteiger partial charge is 0.223 e. The van der Waals surface area contributed by atoms with Crippen LogP contribution in [0, 0.1) is 0 Å². The molecule has 146 valence electrons. The van der Waals surface area contributed by atoms with E-state index in [9.17, 15) is 4.79 Å². The Hall–Kier alpha value is -1.75. The highest BCUT2D eigenvalue weighted by Gasteiger charge is 2.29. The molecule has 0 bridgehead atoms. The van der Waals surface area contributed by atoms with Crippen molar-refractivity contribution in [1.82, 2.24) is 10.2 Å². The first kappa shape index (κ1) is 21.5. The number of benzene rings is 2. The second-order valence-electron chi connectivity index (χ2n) is 6.71. The molecule has 1 aliphatic heterocycles. The summed E-state index contributed by atoms with van der Waals surface area (Å²) in [6, 6.07) is 15.7. The SMILES string of the molecule is COc1cccc(C(C)CC(=O)N2CCNCC2c2ccccc2Cl)c1.Cl. The molecule has 0 aromatic heterocycles. The Kier molecular flexibility index (Phi) is 7.96. The molecule has 1 saturated heterocycles. The van der Waals surface area contributed by atoms with Crippen molar-refractivity contribution in [2.24, 2.45) is 0 Å².